The van der Waals surface area contributed by atoms with Crippen LogP contribution >= 0.6 is 23.4 Å². The maximum atomic E-state index is 13.2. The van der Waals surface area contributed by atoms with E-state index in [-0.39, 0.29) is 12.5 Å². The van der Waals surface area contributed by atoms with Crippen molar-refractivity contribution in [1.29, 1.82) is 0 Å². The van der Waals surface area contributed by atoms with E-state index in [4.69, 9.17) is 11.6 Å². The van der Waals surface area contributed by atoms with E-state index in [1.807, 2.05) is 54.6 Å². The highest BCUT2D eigenvalue weighted by Gasteiger charge is 2.29. The summed E-state index contributed by atoms with van der Waals surface area (Å²) in [6.07, 6.45) is 3.18. The molecular weight excluding hydrogens is 394 g/mol. The molecule has 1 aliphatic heterocycles. The van der Waals surface area contributed by atoms with E-state index in [9.17, 15) is 14.7 Å². The van der Waals surface area contributed by atoms with Gasteiger partial charge in [0, 0.05) is 34.3 Å². The largest absolute Gasteiger partial charge is 0.481 e. The standard InChI is InChI=1S/C22H22ClNO3S/c23-19-8-4-6-16(13-19)12-18(15-28-20-9-2-1-3-10-20)21(25)24-11-5-7-17(14-24)22(26)27/h1-4,6,8-10,12-13,17H,5,7,11,14-15H2,(H,26,27)/b18-12+/t17-/m0/s1. The predicted octanol–water partition coefficient (Wildman–Crippen LogP) is 4.84. The van der Waals surface area contributed by atoms with Crippen molar-refractivity contribution >= 4 is 41.3 Å². The Balaban J connectivity index is 1.82. The number of carboxylic acids is 1. The van der Waals surface area contributed by atoms with Crippen LogP contribution in [0.2, 0.25) is 5.02 Å². The van der Waals surface area contributed by atoms with Crippen LogP contribution in [0.5, 0.6) is 0 Å². The number of likely N-dealkylation sites (tertiary alicyclic amines) is 1. The number of aliphatic carboxylic acids is 1. The van der Waals surface area contributed by atoms with Gasteiger partial charge in [0.25, 0.3) is 5.91 Å². The smallest absolute Gasteiger partial charge is 0.308 e. The number of halogens is 1. The first-order valence-corrected chi connectivity index (χ1v) is 10.6. The molecule has 4 nitrogen and oxygen atoms in total. The van der Waals surface area contributed by atoms with Crippen LogP contribution in [-0.2, 0) is 9.59 Å². The molecule has 146 valence electrons. The Kier molecular flexibility index (Phi) is 7.18. The maximum absolute atomic E-state index is 13.2. The molecule has 0 aromatic heterocycles. The lowest BCUT2D eigenvalue weighted by molar-refractivity contribution is -0.145. The summed E-state index contributed by atoms with van der Waals surface area (Å²) in [5.74, 6) is -0.929. The van der Waals surface area contributed by atoms with Crippen LogP contribution in [0, 0.1) is 5.92 Å². The Morgan fingerprint density at radius 3 is 2.68 bits per heavy atom. The molecule has 1 amide bonds. The molecule has 1 N–H and O–H groups in total. The van der Waals surface area contributed by atoms with Crippen LogP contribution in [0.15, 0.2) is 65.1 Å². The van der Waals surface area contributed by atoms with Crippen molar-refractivity contribution < 1.29 is 14.7 Å². The fourth-order valence-corrected chi connectivity index (χ4v) is 4.28. The van der Waals surface area contributed by atoms with Crippen molar-refractivity contribution in [3.63, 3.8) is 0 Å². The van der Waals surface area contributed by atoms with E-state index in [0.717, 1.165) is 10.5 Å². The summed E-state index contributed by atoms with van der Waals surface area (Å²) in [4.78, 5) is 27.3. The summed E-state index contributed by atoms with van der Waals surface area (Å²) in [5.41, 5.74) is 1.50. The molecule has 0 spiro atoms. The number of hydrogen-bond acceptors (Lipinski definition) is 3. The van der Waals surface area contributed by atoms with Gasteiger partial charge in [-0.2, -0.15) is 0 Å². The number of carbonyl (C=O) groups excluding carboxylic acids is 1. The lowest BCUT2D eigenvalue weighted by Crippen LogP contribution is -2.43. The molecule has 0 aliphatic carbocycles. The molecule has 1 heterocycles. The first kappa shape index (κ1) is 20.5. The number of thioether (sulfide) groups is 1. The number of piperidine rings is 1. The minimum atomic E-state index is -0.837. The SMILES string of the molecule is O=C(O)[C@H]1CCCN(C(=O)/C(=C/c2cccc(Cl)c2)CSc2ccccc2)C1. The fraction of sp³-hybridized carbons (Fsp3) is 0.273. The van der Waals surface area contributed by atoms with E-state index >= 15 is 0 Å². The number of amides is 1. The average Bonchev–Trinajstić information content (AvgIpc) is 2.71. The van der Waals surface area contributed by atoms with Crippen molar-refractivity contribution in [2.45, 2.75) is 17.7 Å². The Hall–Kier alpha value is -2.24. The molecule has 2 aromatic rings. The molecule has 1 fully saturated rings. The van der Waals surface area contributed by atoms with Gasteiger partial charge in [0.05, 0.1) is 5.92 Å². The van der Waals surface area contributed by atoms with Gasteiger partial charge in [-0.1, -0.05) is 41.9 Å². The van der Waals surface area contributed by atoms with Crippen molar-refractivity contribution in [2.24, 2.45) is 5.92 Å². The van der Waals surface area contributed by atoms with Gasteiger partial charge in [0.2, 0.25) is 0 Å². The topological polar surface area (TPSA) is 57.6 Å². The van der Waals surface area contributed by atoms with E-state index in [0.29, 0.717) is 35.7 Å². The molecule has 0 bridgehead atoms. The van der Waals surface area contributed by atoms with Crippen LogP contribution in [-0.4, -0.2) is 40.7 Å². The maximum Gasteiger partial charge on any atom is 0.308 e. The van der Waals surface area contributed by atoms with Gasteiger partial charge in [-0.15, -0.1) is 11.8 Å². The van der Waals surface area contributed by atoms with Crippen molar-refractivity contribution in [2.75, 3.05) is 18.8 Å². The Bertz CT molecular complexity index is 869. The lowest BCUT2D eigenvalue weighted by Gasteiger charge is -2.31. The van der Waals surface area contributed by atoms with Crippen molar-refractivity contribution in [1.82, 2.24) is 4.90 Å². The highest BCUT2D eigenvalue weighted by Crippen LogP contribution is 2.25. The van der Waals surface area contributed by atoms with Gasteiger partial charge in [-0.3, -0.25) is 9.59 Å². The first-order valence-electron chi connectivity index (χ1n) is 9.19. The third-order valence-electron chi connectivity index (χ3n) is 4.66. The number of nitrogens with zero attached hydrogens (tertiary/aromatic N) is 1. The lowest BCUT2D eigenvalue weighted by atomic mass is 9.97. The van der Waals surface area contributed by atoms with Crippen LogP contribution in [0.1, 0.15) is 18.4 Å². The van der Waals surface area contributed by atoms with Gasteiger partial charge >= 0.3 is 5.97 Å². The molecule has 0 saturated carbocycles. The van der Waals surface area contributed by atoms with Gasteiger partial charge in [0.1, 0.15) is 0 Å². The molecular formula is C22H22ClNO3S. The second kappa shape index (κ2) is 9.80. The summed E-state index contributed by atoms with van der Waals surface area (Å²) in [7, 11) is 0. The first-order chi connectivity index (χ1) is 13.5. The minimum absolute atomic E-state index is 0.102. The number of benzene rings is 2. The highest BCUT2D eigenvalue weighted by molar-refractivity contribution is 7.99. The number of rotatable bonds is 6. The molecule has 28 heavy (non-hydrogen) atoms. The Labute approximate surface area is 174 Å². The third kappa shape index (κ3) is 5.63. The quantitative estimate of drug-likeness (QED) is 0.541. The Morgan fingerprint density at radius 2 is 1.96 bits per heavy atom. The van der Waals surface area contributed by atoms with Crippen LogP contribution in [0.4, 0.5) is 0 Å². The second-order valence-electron chi connectivity index (χ2n) is 6.75. The zero-order valence-corrected chi connectivity index (χ0v) is 17.0. The van der Waals surface area contributed by atoms with Gasteiger partial charge in [-0.25, -0.2) is 0 Å². The number of carboxylic acid groups (broad SMARTS) is 1. The molecule has 6 heteroatoms. The van der Waals surface area contributed by atoms with Crippen LogP contribution in [0.3, 0.4) is 0 Å². The predicted molar refractivity (Wildman–Crippen MR) is 114 cm³/mol. The van der Waals surface area contributed by atoms with Gasteiger partial charge < -0.3 is 10.0 Å². The van der Waals surface area contributed by atoms with Crippen LogP contribution < -0.4 is 0 Å². The second-order valence-corrected chi connectivity index (χ2v) is 8.24. The molecule has 1 atom stereocenters. The summed E-state index contributed by atoms with van der Waals surface area (Å²) in [6, 6.07) is 17.3. The average molecular weight is 416 g/mol. The minimum Gasteiger partial charge on any atom is -0.481 e. The zero-order valence-electron chi connectivity index (χ0n) is 15.4. The molecule has 2 aromatic carbocycles. The zero-order chi connectivity index (χ0) is 19.9. The van der Waals surface area contributed by atoms with Crippen LogP contribution in [0.25, 0.3) is 6.08 Å². The van der Waals surface area contributed by atoms with E-state index in [1.54, 1.807) is 22.7 Å². The summed E-state index contributed by atoms with van der Waals surface area (Å²) in [6.45, 7) is 0.850. The molecule has 1 aliphatic rings. The van der Waals surface area contributed by atoms with Crippen molar-refractivity contribution in [3.05, 3.63) is 70.8 Å². The van der Waals surface area contributed by atoms with Crippen molar-refractivity contribution in [3.8, 4) is 0 Å². The number of hydrogen-bond donors (Lipinski definition) is 1. The molecule has 3 rings (SSSR count). The molecule has 0 radical (unpaired) electrons. The normalized spacial score (nSPS) is 17.4. The third-order valence-corrected chi connectivity index (χ3v) is 5.96. The summed E-state index contributed by atoms with van der Waals surface area (Å²) < 4.78 is 0. The fourth-order valence-electron chi connectivity index (χ4n) is 3.21. The molecule has 1 saturated heterocycles. The van der Waals surface area contributed by atoms with Gasteiger partial charge in [0.15, 0.2) is 0 Å². The van der Waals surface area contributed by atoms with E-state index in [1.165, 1.54) is 0 Å². The monoisotopic (exact) mass is 415 g/mol. The highest BCUT2D eigenvalue weighted by atomic mass is 35.5. The summed E-state index contributed by atoms with van der Waals surface area (Å²) >= 11 is 7.67. The van der Waals surface area contributed by atoms with Gasteiger partial charge in [-0.05, 0) is 48.7 Å². The molecule has 0 unspecified atom stereocenters. The Morgan fingerprint density at radius 1 is 1.18 bits per heavy atom. The van der Waals surface area contributed by atoms with E-state index in [2.05, 4.69) is 0 Å². The summed E-state index contributed by atoms with van der Waals surface area (Å²) in [5, 5.41) is 9.93. The van der Waals surface area contributed by atoms with E-state index < -0.39 is 11.9 Å². The number of carbonyl (C=O) groups is 2.